The largest absolute Gasteiger partial charge is 0.324 e. The van der Waals surface area contributed by atoms with Crippen LogP contribution in [0.3, 0.4) is 0 Å². The zero-order valence-electron chi connectivity index (χ0n) is 22.5. The van der Waals surface area contributed by atoms with Crippen LogP contribution >= 0.6 is 34.8 Å². The van der Waals surface area contributed by atoms with Crippen molar-refractivity contribution in [3.63, 3.8) is 0 Å². The fourth-order valence-electron chi connectivity index (χ4n) is 7.08. The number of nitrogens with one attached hydrogen (secondary N) is 1. The number of carbonyl (C=O) groups is 3. The van der Waals surface area contributed by atoms with E-state index in [1.165, 1.54) is 0 Å². The minimum Gasteiger partial charge on any atom is -0.324 e. The lowest BCUT2D eigenvalue weighted by Crippen LogP contribution is -2.57. The molecule has 3 amide bonds. The summed E-state index contributed by atoms with van der Waals surface area (Å²) in [4.78, 5) is 41.7. The van der Waals surface area contributed by atoms with Gasteiger partial charge in [-0.3, -0.25) is 19.3 Å². The normalized spacial score (nSPS) is 26.0. The number of hydrogen-bond acceptors (Lipinski definition) is 3. The van der Waals surface area contributed by atoms with Crippen LogP contribution in [0.1, 0.15) is 33.4 Å². The Bertz CT molecular complexity index is 1670. The van der Waals surface area contributed by atoms with Crippen molar-refractivity contribution >= 4 is 58.2 Å². The van der Waals surface area contributed by atoms with Gasteiger partial charge in [-0.2, -0.15) is 0 Å². The summed E-state index contributed by atoms with van der Waals surface area (Å²) in [6.07, 6.45) is 0.119. The molecule has 1 heterocycles. The molecule has 0 unspecified atom stereocenters. The Morgan fingerprint density at radius 3 is 1.76 bits per heavy atom. The van der Waals surface area contributed by atoms with Crippen molar-refractivity contribution in [2.24, 2.45) is 11.8 Å². The highest BCUT2D eigenvalue weighted by molar-refractivity contribution is 6.36. The van der Waals surface area contributed by atoms with Gasteiger partial charge in [-0.25, -0.2) is 0 Å². The smallest absolute Gasteiger partial charge is 0.248 e. The Labute approximate surface area is 258 Å². The van der Waals surface area contributed by atoms with Crippen molar-refractivity contribution in [3.05, 3.63) is 135 Å². The van der Waals surface area contributed by atoms with Crippen LogP contribution in [-0.2, 0) is 30.6 Å². The van der Waals surface area contributed by atoms with E-state index in [0.717, 1.165) is 16.0 Å². The minimum absolute atomic E-state index is 0.119. The van der Waals surface area contributed by atoms with E-state index < -0.39 is 45.3 Å². The van der Waals surface area contributed by atoms with E-state index in [-0.39, 0.29) is 6.42 Å². The van der Waals surface area contributed by atoms with Crippen molar-refractivity contribution in [2.45, 2.75) is 29.1 Å². The lowest BCUT2D eigenvalue weighted by molar-refractivity contribution is -0.146. The van der Waals surface area contributed by atoms with Gasteiger partial charge in [0.1, 0.15) is 15.8 Å². The van der Waals surface area contributed by atoms with Crippen molar-refractivity contribution in [1.82, 2.24) is 4.90 Å². The molecular formula is C34H25Cl3N2O3. The average Bonchev–Trinajstić information content (AvgIpc) is 3.27. The van der Waals surface area contributed by atoms with Gasteiger partial charge in [-0.15, -0.1) is 23.2 Å². The topological polar surface area (TPSA) is 66.5 Å². The molecule has 210 valence electrons. The van der Waals surface area contributed by atoms with Crippen LogP contribution in [0.15, 0.2) is 97.1 Å². The number of amides is 3. The van der Waals surface area contributed by atoms with Gasteiger partial charge in [0.2, 0.25) is 17.7 Å². The number of imide groups is 1. The standard InChI is InChI=1S/C34H25Cl3N2O3/c1-19-15-16-21(35)18-26(19)38-30(40)27(17-20-9-3-2-4-10-20)39-31(41)28-29(32(39)42)34(37)23-12-6-5-11-22(23)33(28,36)24-13-7-8-14-25(24)34/h2-16,18,27-29H,17H2,1H3,(H,38,40)/t27-,28-,29-,33?,34?/m0/s1. The van der Waals surface area contributed by atoms with Gasteiger partial charge in [0.15, 0.2) is 0 Å². The van der Waals surface area contributed by atoms with E-state index in [9.17, 15) is 14.4 Å². The predicted molar refractivity (Wildman–Crippen MR) is 164 cm³/mol. The molecule has 1 N–H and O–H groups in total. The summed E-state index contributed by atoms with van der Waals surface area (Å²) in [7, 11) is 0. The lowest BCUT2D eigenvalue weighted by atomic mass is 9.54. The van der Waals surface area contributed by atoms with Gasteiger partial charge in [0.05, 0.1) is 11.8 Å². The molecule has 4 aromatic rings. The number of hydrogen-bond donors (Lipinski definition) is 1. The van der Waals surface area contributed by atoms with E-state index in [1.807, 2.05) is 85.8 Å². The number of likely N-dealkylation sites (tertiary alicyclic amines) is 1. The first-order chi connectivity index (χ1) is 20.2. The molecule has 3 atom stereocenters. The Kier molecular flexibility index (Phi) is 6.28. The van der Waals surface area contributed by atoms with E-state index in [4.69, 9.17) is 34.8 Å². The third-order valence-electron chi connectivity index (χ3n) is 8.96. The zero-order valence-corrected chi connectivity index (χ0v) is 24.8. The quantitative estimate of drug-likeness (QED) is 0.199. The number of benzene rings is 4. The first kappa shape index (κ1) is 27.2. The fraction of sp³-hybridized carbons (Fsp3) is 0.206. The molecule has 8 rings (SSSR count). The molecule has 4 aliphatic rings. The Hall–Kier alpha value is -3.64. The van der Waals surface area contributed by atoms with Gasteiger partial charge in [-0.1, -0.05) is 96.5 Å². The molecule has 5 nitrogen and oxygen atoms in total. The summed E-state index contributed by atoms with van der Waals surface area (Å²) in [5.41, 5.74) is 4.94. The maximum atomic E-state index is 14.6. The molecule has 1 fully saturated rings. The molecule has 1 aliphatic heterocycles. The van der Waals surface area contributed by atoms with Gasteiger partial charge in [0, 0.05) is 17.1 Å². The van der Waals surface area contributed by atoms with Crippen LogP contribution in [0.2, 0.25) is 5.02 Å². The van der Waals surface area contributed by atoms with Crippen LogP contribution in [-0.4, -0.2) is 28.7 Å². The van der Waals surface area contributed by atoms with Crippen molar-refractivity contribution in [2.75, 3.05) is 5.32 Å². The van der Waals surface area contributed by atoms with E-state index in [0.29, 0.717) is 33.0 Å². The summed E-state index contributed by atoms with van der Waals surface area (Å²) in [5.74, 6) is -3.50. The molecule has 1 saturated heterocycles. The van der Waals surface area contributed by atoms with Gasteiger partial charge in [-0.05, 0) is 52.4 Å². The average molecular weight is 616 g/mol. The maximum absolute atomic E-state index is 14.6. The SMILES string of the molecule is Cc1ccc(Cl)cc1NC(=O)[C@H](Cc1ccccc1)N1C(=O)[C@@H]2[C@@H](C1=O)C1(Cl)c3ccccc3C2(Cl)c2ccccc21. The van der Waals surface area contributed by atoms with Crippen LogP contribution in [0.25, 0.3) is 0 Å². The number of nitrogens with zero attached hydrogens (tertiary/aromatic N) is 1. The molecule has 3 aliphatic carbocycles. The first-order valence-electron chi connectivity index (χ1n) is 13.7. The van der Waals surface area contributed by atoms with Crippen molar-refractivity contribution in [3.8, 4) is 0 Å². The molecular weight excluding hydrogens is 591 g/mol. The molecule has 8 heteroatoms. The van der Waals surface area contributed by atoms with E-state index >= 15 is 0 Å². The Balaban J connectivity index is 1.37. The molecule has 0 saturated carbocycles. The number of rotatable bonds is 5. The lowest BCUT2D eigenvalue weighted by Gasteiger charge is -2.54. The second-order valence-corrected chi connectivity index (χ2v) is 12.8. The molecule has 0 spiro atoms. The Morgan fingerprint density at radius 1 is 0.786 bits per heavy atom. The fourth-order valence-corrected chi connectivity index (χ4v) is 8.35. The second-order valence-electron chi connectivity index (χ2n) is 11.2. The molecule has 4 aromatic carbocycles. The van der Waals surface area contributed by atoms with Gasteiger partial charge < -0.3 is 5.32 Å². The highest BCUT2D eigenvalue weighted by atomic mass is 35.5. The van der Waals surface area contributed by atoms with E-state index in [2.05, 4.69) is 5.32 Å². The number of anilines is 1. The number of aryl methyl sites for hydroxylation is 1. The van der Waals surface area contributed by atoms with Gasteiger partial charge >= 0.3 is 0 Å². The molecule has 0 aromatic heterocycles. The van der Waals surface area contributed by atoms with Crippen LogP contribution in [0.4, 0.5) is 5.69 Å². The van der Waals surface area contributed by atoms with E-state index in [1.54, 1.807) is 18.2 Å². The summed E-state index contributed by atoms with van der Waals surface area (Å²) in [6, 6.07) is 28.3. The summed E-state index contributed by atoms with van der Waals surface area (Å²) >= 11 is 21.4. The first-order valence-corrected chi connectivity index (χ1v) is 14.9. The predicted octanol–water partition coefficient (Wildman–Crippen LogP) is 6.79. The zero-order chi connectivity index (χ0) is 29.4. The minimum atomic E-state index is -1.33. The molecule has 0 radical (unpaired) electrons. The van der Waals surface area contributed by atoms with Crippen LogP contribution in [0, 0.1) is 18.8 Å². The van der Waals surface area contributed by atoms with Gasteiger partial charge in [0.25, 0.3) is 0 Å². The third kappa shape index (κ3) is 3.67. The summed E-state index contributed by atoms with van der Waals surface area (Å²) in [5, 5.41) is 3.38. The summed E-state index contributed by atoms with van der Waals surface area (Å²) < 4.78 is 0. The number of halogens is 3. The summed E-state index contributed by atoms with van der Waals surface area (Å²) in [6.45, 7) is 1.85. The van der Waals surface area contributed by atoms with Crippen LogP contribution in [0.5, 0.6) is 0 Å². The third-order valence-corrected chi connectivity index (χ3v) is 10.5. The highest BCUT2D eigenvalue weighted by Crippen LogP contribution is 2.69. The maximum Gasteiger partial charge on any atom is 0.248 e. The monoisotopic (exact) mass is 614 g/mol. The number of carbonyl (C=O) groups excluding carboxylic acids is 3. The number of alkyl halides is 2. The van der Waals surface area contributed by atoms with Crippen LogP contribution < -0.4 is 5.32 Å². The van der Waals surface area contributed by atoms with Crippen molar-refractivity contribution < 1.29 is 14.4 Å². The highest BCUT2D eigenvalue weighted by Gasteiger charge is 2.73. The Morgan fingerprint density at radius 2 is 1.26 bits per heavy atom. The molecule has 2 bridgehead atoms. The molecule has 42 heavy (non-hydrogen) atoms. The second kappa shape index (κ2) is 9.70. The van der Waals surface area contributed by atoms with Crippen molar-refractivity contribution in [1.29, 1.82) is 0 Å².